The van der Waals surface area contributed by atoms with Crippen molar-refractivity contribution in [1.29, 1.82) is 0 Å². The van der Waals surface area contributed by atoms with Gasteiger partial charge in [0.1, 0.15) is 0 Å². The largest absolute Gasteiger partial charge is 0.481 e. The van der Waals surface area contributed by atoms with Gasteiger partial charge in [-0.05, 0) is 12.3 Å². The molecule has 1 rings (SSSR count). The maximum atomic E-state index is 11.2. The fourth-order valence-corrected chi connectivity index (χ4v) is 3.44. The Morgan fingerprint density at radius 2 is 2.21 bits per heavy atom. The first-order chi connectivity index (χ1) is 6.44. The Balaban J connectivity index is 2.66. The van der Waals surface area contributed by atoms with Gasteiger partial charge in [0.2, 0.25) is 0 Å². The lowest BCUT2D eigenvalue weighted by molar-refractivity contribution is -0.139. The van der Waals surface area contributed by atoms with Gasteiger partial charge in [0.05, 0.1) is 24.0 Å². The lowest BCUT2D eigenvalue weighted by Crippen LogP contribution is -2.39. The number of aliphatic carboxylic acids is 1. The molecule has 2 unspecified atom stereocenters. The third kappa shape index (κ3) is 2.95. The van der Waals surface area contributed by atoms with Crippen LogP contribution in [0.4, 0.5) is 0 Å². The summed E-state index contributed by atoms with van der Waals surface area (Å²) in [5.74, 6) is -1.07. The summed E-state index contributed by atoms with van der Waals surface area (Å²) in [6.45, 7) is 0. The maximum absolute atomic E-state index is 11.2. The minimum Gasteiger partial charge on any atom is -0.481 e. The van der Waals surface area contributed by atoms with E-state index in [9.17, 15) is 13.2 Å². The molecule has 82 valence electrons. The zero-order valence-corrected chi connectivity index (χ0v) is 8.79. The third-order valence-corrected chi connectivity index (χ3v) is 4.18. The van der Waals surface area contributed by atoms with Gasteiger partial charge in [0.15, 0.2) is 9.84 Å². The second-order valence-corrected chi connectivity index (χ2v) is 5.76. The normalized spacial score (nSPS) is 31.2. The van der Waals surface area contributed by atoms with Gasteiger partial charge in [-0.2, -0.15) is 0 Å². The van der Waals surface area contributed by atoms with Crippen LogP contribution in [0, 0.1) is 5.92 Å². The highest BCUT2D eigenvalue weighted by Crippen LogP contribution is 2.24. The SMILES string of the molecule is COC1CS(=O)(=O)CCC1CC(=O)O. The first-order valence-electron chi connectivity index (χ1n) is 4.39. The van der Waals surface area contributed by atoms with Crippen LogP contribution in [0.15, 0.2) is 0 Å². The number of ether oxygens (including phenoxy) is 1. The summed E-state index contributed by atoms with van der Waals surface area (Å²) in [7, 11) is -1.61. The van der Waals surface area contributed by atoms with Crippen molar-refractivity contribution in [1.82, 2.24) is 0 Å². The van der Waals surface area contributed by atoms with Gasteiger partial charge in [-0.1, -0.05) is 0 Å². The molecule has 0 aromatic rings. The molecule has 6 heteroatoms. The van der Waals surface area contributed by atoms with Crippen LogP contribution in [0.3, 0.4) is 0 Å². The van der Waals surface area contributed by atoms with Gasteiger partial charge in [-0.15, -0.1) is 0 Å². The minimum absolute atomic E-state index is 0.0198. The van der Waals surface area contributed by atoms with E-state index in [1.54, 1.807) is 0 Å². The van der Waals surface area contributed by atoms with Crippen molar-refractivity contribution >= 4 is 15.8 Å². The predicted molar refractivity (Wildman–Crippen MR) is 49.8 cm³/mol. The number of carbonyl (C=O) groups is 1. The van der Waals surface area contributed by atoms with E-state index >= 15 is 0 Å². The van der Waals surface area contributed by atoms with Gasteiger partial charge in [0, 0.05) is 7.11 Å². The monoisotopic (exact) mass is 222 g/mol. The molecule has 1 N–H and O–H groups in total. The molecule has 0 bridgehead atoms. The Hall–Kier alpha value is -0.620. The summed E-state index contributed by atoms with van der Waals surface area (Å²) in [5.41, 5.74) is 0. The Morgan fingerprint density at radius 1 is 1.57 bits per heavy atom. The molecule has 1 aliphatic heterocycles. The second kappa shape index (κ2) is 4.27. The van der Waals surface area contributed by atoms with Crippen LogP contribution in [0.5, 0.6) is 0 Å². The number of hydrogen-bond acceptors (Lipinski definition) is 4. The summed E-state index contributed by atoms with van der Waals surface area (Å²) < 4.78 is 27.4. The van der Waals surface area contributed by atoms with E-state index in [0.717, 1.165) is 0 Å². The van der Waals surface area contributed by atoms with E-state index in [2.05, 4.69) is 0 Å². The lowest BCUT2D eigenvalue weighted by Gasteiger charge is -2.28. The molecular formula is C8H14O5S. The Bertz CT molecular complexity index is 308. The summed E-state index contributed by atoms with van der Waals surface area (Å²) in [6.07, 6.45) is -0.105. The molecule has 1 saturated heterocycles. The molecule has 0 amide bonds. The Labute approximate surface area is 83.0 Å². The molecule has 0 spiro atoms. The molecule has 0 radical (unpaired) electrons. The van der Waals surface area contributed by atoms with Crippen LogP contribution in [-0.2, 0) is 19.4 Å². The smallest absolute Gasteiger partial charge is 0.303 e. The van der Waals surface area contributed by atoms with E-state index in [4.69, 9.17) is 9.84 Å². The highest BCUT2D eigenvalue weighted by molar-refractivity contribution is 7.91. The van der Waals surface area contributed by atoms with E-state index < -0.39 is 21.9 Å². The van der Waals surface area contributed by atoms with Crippen molar-refractivity contribution in [3.05, 3.63) is 0 Å². The van der Waals surface area contributed by atoms with Crippen molar-refractivity contribution in [2.45, 2.75) is 18.9 Å². The highest BCUT2D eigenvalue weighted by Gasteiger charge is 2.34. The Kier molecular flexibility index (Phi) is 3.49. The first kappa shape index (κ1) is 11.5. The molecule has 1 heterocycles. The maximum Gasteiger partial charge on any atom is 0.303 e. The predicted octanol–water partition coefficient (Wildman–Crippen LogP) is -0.0892. The topological polar surface area (TPSA) is 80.7 Å². The second-order valence-electron chi connectivity index (χ2n) is 3.54. The van der Waals surface area contributed by atoms with E-state index in [0.29, 0.717) is 6.42 Å². The molecule has 14 heavy (non-hydrogen) atoms. The molecular weight excluding hydrogens is 208 g/mol. The van der Waals surface area contributed by atoms with Crippen molar-refractivity contribution < 1.29 is 23.1 Å². The van der Waals surface area contributed by atoms with E-state index in [-0.39, 0.29) is 23.8 Å². The van der Waals surface area contributed by atoms with Crippen LogP contribution < -0.4 is 0 Å². The van der Waals surface area contributed by atoms with Gasteiger partial charge in [-0.25, -0.2) is 8.42 Å². The van der Waals surface area contributed by atoms with Crippen LogP contribution in [0.2, 0.25) is 0 Å². The zero-order valence-electron chi connectivity index (χ0n) is 7.97. The van der Waals surface area contributed by atoms with Crippen molar-refractivity contribution in [3.8, 4) is 0 Å². The van der Waals surface area contributed by atoms with Crippen LogP contribution in [-0.4, -0.2) is 44.2 Å². The van der Waals surface area contributed by atoms with Crippen LogP contribution in [0.25, 0.3) is 0 Å². The van der Waals surface area contributed by atoms with Crippen LogP contribution in [0.1, 0.15) is 12.8 Å². The summed E-state index contributed by atoms with van der Waals surface area (Å²) >= 11 is 0. The first-order valence-corrected chi connectivity index (χ1v) is 6.22. The standard InChI is InChI=1S/C8H14O5S/c1-13-7-5-14(11,12)3-2-6(7)4-8(9)10/h6-7H,2-5H2,1H3,(H,9,10). The summed E-state index contributed by atoms with van der Waals surface area (Å²) in [4.78, 5) is 10.5. The fraction of sp³-hybridized carbons (Fsp3) is 0.875. The molecule has 0 saturated carbocycles. The number of hydrogen-bond donors (Lipinski definition) is 1. The summed E-state index contributed by atoms with van der Waals surface area (Å²) in [6, 6.07) is 0. The Morgan fingerprint density at radius 3 is 2.71 bits per heavy atom. The van der Waals surface area contributed by atoms with Crippen molar-refractivity contribution in [3.63, 3.8) is 0 Å². The minimum atomic E-state index is -3.03. The number of carboxylic acid groups (broad SMARTS) is 1. The van der Waals surface area contributed by atoms with Crippen molar-refractivity contribution in [2.24, 2.45) is 5.92 Å². The molecule has 0 aromatic heterocycles. The van der Waals surface area contributed by atoms with Crippen molar-refractivity contribution in [2.75, 3.05) is 18.6 Å². The third-order valence-electron chi connectivity index (χ3n) is 2.48. The molecule has 1 fully saturated rings. The van der Waals surface area contributed by atoms with Gasteiger partial charge >= 0.3 is 5.97 Å². The number of carboxylic acids is 1. The quantitative estimate of drug-likeness (QED) is 0.721. The molecule has 5 nitrogen and oxygen atoms in total. The van der Waals surface area contributed by atoms with E-state index in [1.807, 2.05) is 0 Å². The average molecular weight is 222 g/mol. The molecule has 0 aliphatic carbocycles. The lowest BCUT2D eigenvalue weighted by atomic mass is 9.96. The van der Waals surface area contributed by atoms with Gasteiger partial charge in [-0.3, -0.25) is 4.79 Å². The average Bonchev–Trinajstić information content (AvgIpc) is 2.07. The molecule has 0 aromatic carbocycles. The van der Waals surface area contributed by atoms with Gasteiger partial charge in [0.25, 0.3) is 0 Å². The fourth-order valence-electron chi connectivity index (χ4n) is 1.70. The molecule has 2 atom stereocenters. The van der Waals surface area contributed by atoms with Gasteiger partial charge < -0.3 is 9.84 Å². The number of methoxy groups -OCH3 is 1. The number of sulfone groups is 1. The molecule has 1 aliphatic rings. The highest BCUT2D eigenvalue weighted by atomic mass is 32.2. The van der Waals surface area contributed by atoms with Crippen LogP contribution >= 0.6 is 0 Å². The van der Waals surface area contributed by atoms with E-state index in [1.165, 1.54) is 7.11 Å². The summed E-state index contributed by atoms with van der Waals surface area (Å²) in [5, 5.41) is 8.60. The zero-order chi connectivity index (χ0) is 10.8. The number of rotatable bonds is 3.